The van der Waals surface area contributed by atoms with Crippen molar-refractivity contribution in [2.45, 2.75) is 18.4 Å². The highest BCUT2D eigenvalue weighted by molar-refractivity contribution is 5.91. The predicted molar refractivity (Wildman–Crippen MR) is 78.9 cm³/mol. The molecule has 1 fully saturated rings. The molecule has 3 aromatic rings. The second-order valence-corrected chi connectivity index (χ2v) is 5.25. The lowest BCUT2D eigenvalue weighted by Crippen LogP contribution is -2.01. The normalized spacial score (nSPS) is 21.1. The van der Waals surface area contributed by atoms with Gasteiger partial charge >= 0.3 is 0 Å². The summed E-state index contributed by atoms with van der Waals surface area (Å²) in [7, 11) is 0. The van der Waals surface area contributed by atoms with E-state index in [-0.39, 0.29) is 0 Å². The Kier molecular flexibility index (Phi) is 2.47. The van der Waals surface area contributed by atoms with Crippen molar-refractivity contribution < 1.29 is 0 Å². The van der Waals surface area contributed by atoms with Gasteiger partial charge in [0.15, 0.2) is 0 Å². The number of pyridine rings is 1. The van der Waals surface area contributed by atoms with Crippen LogP contribution in [0.2, 0.25) is 0 Å². The summed E-state index contributed by atoms with van der Waals surface area (Å²) in [5.74, 6) is 1.32. The molecule has 0 unspecified atom stereocenters. The van der Waals surface area contributed by atoms with Gasteiger partial charge in [0.1, 0.15) is 5.82 Å². The number of aromatic amines is 1. The second-order valence-electron chi connectivity index (χ2n) is 5.25. The van der Waals surface area contributed by atoms with E-state index in [1.807, 2.05) is 36.7 Å². The number of hydrogen-bond acceptors (Lipinski definition) is 4. The molecule has 4 N–H and O–H groups in total. The summed E-state index contributed by atoms with van der Waals surface area (Å²) >= 11 is 0. The van der Waals surface area contributed by atoms with E-state index in [0.717, 1.165) is 28.8 Å². The standard InChI is InChI=1S/C15H15N5/c16-12-6-11(12)9-4-5-14(17-7-9)19-13-3-1-2-10-8-18-20-15(10)13/h1-5,7-8,11-12H,6,16H2,(H,17,19)(H,18,20)/t11-,12+/m1/s1. The molecule has 1 saturated carbocycles. The van der Waals surface area contributed by atoms with Crippen molar-refractivity contribution in [3.63, 3.8) is 0 Å². The van der Waals surface area contributed by atoms with Gasteiger partial charge in [-0.3, -0.25) is 5.10 Å². The van der Waals surface area contributed by atoms with Crippen LogP contribution in [0.15, 0.2) is 42.7 Å². The molecule has 0 spiro atoms. The van der Waals surface area contributed by atoms with Gasteiger partial charge in [0.2, 0.25) is 0 Å². The fourth-order valence-electron chi connectivity index (χ4n) is 2.51. The first-order chi connectivity index (χ1) is 9.81. The summed E-state index contributed by atoms with van der Waals surface area (Å²) in [6.45, 7) is 0. The van der Waals surface area contributed by atoms with Crippen LogP contribution in [0.3, 0.4) is 0 Å². The molecule has 5 nitrogen and oxygen atoms in total. The van der Waals surface area contributed by atoms with Gasteiger partial charge in [-0.25, -0.2) is 4.98 Å². The first-order valence-corrected chi connectivity index (χ1v) is 6.72. The van der Waals surface area contributed by atoms with Crippen LogP contribution in [0.5, 0.6) is 0 Å². The molecule has 2 aromatic heterocycles. The molecule has 0 bridgehead atoms. The smallest absolute Gasteiger partial charge is 0.130 e. The molecular formula is C15H15N5. The fourth-order valence-corrected chi connectivity index (χ4v) is 2.51. The number of aromatic nitrogens is 3. The lowest BCUT2D eigenvalue weighted by molar-refractivity contribution is 0.981. The maximum absolute atomic E-state index is 5.86. The van der Waals surface area contributed by atoms with Crippen molar-refractivity contribution in [1.29, 1.82) is 0 Å². The predicted octanol–water partition coefficient (Wildman–Crippen LogP) is 2.52. The highest BCUT2D eigenvalue weighted by Gasteiger charge is 2.34. The van der Waals surface area contributed by atoms with Gasteiger partial charge in [-0.05, 0) is 24.1 Å². The molecule has 0 saturated heterocycles. The van der Waals surface area contributed by atoms with Gasteiger partial charge in [0, 0.05) is 23.5 Å². The zero-order valence-electron chi connectivity index (χ0n) is 10.9. The number of nitrogens with one attached hydrogen (secondary N) is 2. The van der Waals surface area contributed by atoms with Crippen LogP contribution < -0.4 is 11.1 Å². The number of nitrogens with zero attached hydrogens (tertiary/aromatic N) is 2. The molecule has 0 amide bonds. The van der Waals surface area contributed by atoms with Crippen LogP contribution in [0, 0.1) is 0 Å². The van der Waals surface area contributed by atoms with Crippen molar-refractivity contribution in [3.8, 4) is 0 Å². The molecule has 2 heterocycles. The minimum Gasteiger partial charge on any atom is -0.338 e. The molecule has 4 rings (SSSR count). The number of para-hydroxylation sites is 1. The zero-order chi connectivity index (χ0) is 13.5. The molecule has 100 valence electrons. The van der Waals surface area contributed by atoms with E-state index in [0.29, 0.717) is 12.0 Å². The first-order valence-electron chi connectivity index (χ1n) is 6.72. The Labute approximate surface area is 116 Å². The molecule has 5 heteroatoms. The highest BCUT2D eigenvalue weighted by atomic mass is 15.1. The van der Waals surface area contributed by atoms with E-state index < -0.39 is 0 Å². The molecule has 20 heavy (non-hydrogen) atoms. The number of H-pyrrole nitrogens is 1. The largest absolute Gasteiger partial charge is 0.338 e. The number of anilines is 2. The number of fused-ring (bicyclic) bond motifs is 1. The van der Waals surface area contributed by atoms with Crippen LogP contribution in [-0.4, -0.2) is 21.2 Å². The van der Waals surface area contributed by atoms with Gasteiger partial charge in [-0.15, -0.1) is 0 Å². The quantitative estimate of drug-likeness (QED) is 0.680. The minimum absolute atomic E-state index is 0.314. The van der Waals surface area contributed by atoms with E-state index in [2.05, 4.69) is 26.6 Å². The average molecular weight is 265 g/mol. The number of nitrogens with two attached hydrogens (primary N) is 1. The summed E-state index contributed by atoms with van der Waals surface area (Å²) < 4.78 is 0. The Morgan fingerprint density at radius 3 is 2.85 bits per heavy atom. The van der Waals surface area contributed by atoms with Crippen LogP contribution in [0.1, 0.15) is 17.9 Å². The molecule has 0 radical (unpaired) electrons. The third-order valence-electron chi connectivity index (χ3n) is 3.79. The maximum Gasteiger partial charge on any atom is 0.130 e. The maximum atomic E-state index is 5.86. The monoisotopic (exact) mass is 265 g/mol. The van der Waals surface area contributed by atoms with Gasteiger partial charge in [0.05, 0.1) is 17.4 Å². The third kappa shape index (κ3) is 1.92. The van der Waals surface area contributed by atoms with Crippen molar-refractivity contribution >= 4 is 22.4 Å². The Hall–Kier alpha value is -2.40. The number of benzene rings is 1. The van der Waals surface area contributed by atoms with Crippen molar-refractivity contribution in [3.05, 3.63) is 48.3 Å². The fraction of sp³-hybridized carbons (Fsp3) is 0.200. The minimum atomic E-state index is 0.314. The van der Waals surface area contributed by atoms with Crippen molar-refractivity contribution in [2.24, 2.45) is 5.73 Å². The topological polar surface area (TPSA) is 79.6 Å². The lowest BCUT2D eigenvalue weighted by Gasteiger charge is -2.07. The summed E-state index contributed by atoms with van der Waals surface area (Å²) in [5.41, 5.74) is 9.04. The van der Waals surface area contributed by atoms with Crippen LogP contribution in [-0.2, 0) is 0 Å². The summed E-state index contributed by atoms with van der Waals surface area (Å²) in [6.07, 6.45) is 4.79. The molecule has 0 aliphatic heterocycles. The lowest BCUT2D eigenvalue weighted by atomic mass is 10.2. The van der Waals surface area contributed by atoms with Crippen LogP contribution in [0.25, 0.3) is 10.9 Å². The number of hydrogen-bond donors (Lipinski definition) is 3. The van der Waals surface area contributed by atoms with E-state index >= 15 is 0 Å². The van der Waals surface area contributed by atoms with E-state index in [9.17, 15) is 0 Å². The summed E-state index contributed by atoms with van der Waals surface area (Å²) in [6, 6.07) is 10.4. The van der Waals surface area contributed by atoms with Crippen LogP contribution >= 0.6 is 0 Å². The molecule has 1 aromatic carbocycles. The van der Waals surface area contributed by atoms with Crippen LogP contribution in [0.4, 0.5) is 11.5 Å². The Morgan fingerprint density at radius 1 is 1.20 bits per heavy atom. The molecular weight excluding hydrogens is 250 g/mol. The highest BCUT2D eigenvalue weighted by Crippen LogP contribution is 2.38. The van der Waals surface area contributed by atoms with Crippen molar-refractivity contribution in [1.82, 2.24) is 15.2 Å². The van der Waals surface area contributed by atoms with E-state index in [1.54, 1.807) is 0 Å². The Balaban J connectivity index is 1.60. The van der Waals surface area contributed by atoms with E-state index in [1.165, 1.54) is 5.56 Å². The van der Waals surface area contributed by atoms with Gasteiger partial charge < -0.3 is 11.1 Å². The molecule has 1 aliphatic carbocycles. The van der Waals surface area contributed by atoms with E-state index in [4.69, 9.17) is 5.73 Å². The summed E-state index contributed by atoms with van der Waals surface area (Å²) in [4.78, 5) is 4.46. The molecule has 1 aliphatic rings. The Bertz CT molecular complexity index is 746. The first kappa shape index (κ1) is 11.4. The molecule has 2 atom stereocenters. The Morgan fingerprint density at radius 2 is 2.10 bits per heavy atom. The van der Waals surface area contributed by atoms with Crippen molar-refractivity contribution in [2.75, 3.05) is 5.32 Å². The van der Waals surface area contributed by atoms with Gasteiger partial charge in [0.25, 0.3) is 0 Å². The third-order valence-corrected chi connectivity index (χ3v) is 3.79. The van der Waals surface area contributed by atoms with Gasteiger partial charge in [-0.1, -0.05) is 18.2 Å². The average Bonchev–Trinajstić information content (AvgIpc) is 3.01. The second kappa shape index (κ2) is 4.31. The SMILES string of the molecule is N[C@H]1C[C@@H]1c1ccc(Nc2cccc3cn[nH]c23)nc1. The van der Waals surface area contributed by atoms with Gasteiger partial charge in [-0.2, -0.15) is 5.10 Å². The summed E-state index contributed by atoms with van der Waals surface area (Å²) in [5, 5.41) is 11.5. The zero-order valence-corrected chi connectivity index (χ0v) is 10.9. The number of rotatable bonds is 3.